The molecule has 0 saturated carbocycles. The summed E-state index contributed by atoms with van der Waals surface area (Å²) in [4.78, 5) is 0. The fourth-order valence-corrected chi connectivity index (χ4v) is 0.177. The number of unbranched alkanes of at least 4 members (excludes halogenated alkanes) is 3. The Bertz CT molecular complexity index is 27.0. The van der Waals surface area contributed by atoms with Gasteiger partial charge in [-0.1, -0.05) is 0 Å². The Morgan fingerprint density at radius 3 is 1.27 bits per heavy atom. The fraction of sp³-hybridized carbons (Fsp3) is 0.455. The van der Waals surface area contributed by atoms with Gasteiger partial charge in [0, 0.05) is 0 Å². The minimum absolute atomic E-state index is 0.958. The molecular formula is C11H22. The molecular weight excluding hydrogens is 132 g/mol. The van der Waals surface area contributed by atoms with Gasteiger partial charge in [0.15, 0.2) is 0 Å². The first kappa shape index (κ1) is 16.8. The van der Waals surface area contributed by atoms with E-state index in [2.05, 4.69) is 40.9 Å². The summed E-state index contributed by atoms with van der Waals surface area (Å²) < 4.78 is 0. The number of hydrogen-bond donors (Lipinski definition) is 0. The first-order chi connectivity index (χ1) is 5.33. The van der Waals surface area contributed by atoms with E-state index in [4.69, 9.17) is 0 Å². The van der Waals surface area contributed by atoms with Crippen LogP contribution in [0.5, 0.6) is 0 Å². The van der Waals surface area contributed by atoms with Crippen LogP contribution >= 0.6 is 0 Å². The van der Waals surface area contributed by atoms with E-state index >= 15 is 0 Å². The molecule has 0 spiro atoms. The van der Waals surface area contributed by atoms with Crippen molar-refractivity contribution in [3.63, 3.8) is 0 Å². The molecule has 0 unspecified atom stereocenters. The maximum Gasteiger partial charge on any atom is 0.0826 e. The molecule has 0 fully saturated rings. The highest BCUT2D eigenvalue weighted by atomic mass is 13.7. The predicted molar refractivity (Wildman–Crippen MR) is 55.8 cm³/mol. The lowest BCUT2D eigenvalue weighted by molar-refractivity contribution is 0.864. The molecule has 0 aliphatic heterocycles. The van der Waals surface area contributed by atoms with E-state index in [9.17, 15) is 0 Å². The Hall–Kier alpha value is -0.520. The van der Waals surface area contributed by atoms with Crippen LogP contribution in [0.4, 0.5) is 0 Å². The molecule has 0 aromatic heterocycles. The van der Waals surface area contributed by atoms with E-state index in [1.54, 1.807) is 0 Å². The zero-order valence-electron chi connectivity index (χ0n) is 7.78. The van der Waals surface area contributed by atoms with Gasteiger partial charge in [0.25, 0.3) is 0 Å². The topological polar surface area (TPSA) is 0 Å². The van der Waals surface area contributed by atoms with Gasteiger partial charge >= 0.3 is 0 Å². The minimum Gasteiger partial charge on any atom is -0.343 e. The SMILES string of the molecule is C=C.[CH2+]CCC[CH2-].[CH2+]CC[CH2-]. The second kappa shape index (κ2) is 34.0. The molecule has 0 rings (SSSR count). The maximum atomic E-state index is 3.64. The van der Waals surface area contributed by atoms with E-state index < -0.39 is 0 Å². The third-order valence-corrected chi connectivity index (χ3v) is 0.750. The van der Waals surface area contributed by atoms with Crippen LogP contribution in [-0.4, -0.2) is 0 Å². The lowest BCUT2D eigenvalue weighted by Gasteiger charge is -1.81. The monoisotopic (exact) mass is 154 g/mol. The largest absolute Gasteiger partial charge is 0.343 e. The van der Waals surface area contributed by atoms with Crippen molar-refractivity contribution in [1.82, 2.24) is 0 Å². The molecule has 0 aliphatic carbocycles. The summed E-state index contributed by atoms with van der Waals surface area (Å²) in [5, 5.41) is 0. The molecule has 0 aliphatic rings. The second-order valence-corrected chi connectivity index (χ2v) is 1.77. The zero-order valence-corrected chi connectivity index (χ0v) is 7.78. The van der Waals surface area contributed by atoms with E-state index in [0.29, 0.717) is 0 Å². The van der Waals surface area contributed by atoms with Crippen molar-refractivity contribution in [3.05, 3.63) is 40.9 Å². The molecule has 0 aromatic rings. The van der Waals surface area contributed by atoms with Gasteiger partial charge in [0.05, 0.1) is 26.7 Å². The van der Waals surface area contributed by atoms with Crippen molar-refractivity contribution in [3.8, 4) is 0 Å². The summed E-state index contributed by atoms with van der Waals surface area (Å²) in [6.07, 6.45) is 5.15. The highest BCUT2D eigenvalue weighted by Crippen LogP contribution is 1.87. The third kappa shape index (κ3) is 86.2. The first-order valence-electron chi connectivity index (χ1n) is 4.00. The van der Waals surface area contributed by atoms with Crippen LogP contribution in [0.3, 0.4) is 0 Å². The molecule has 0 amide bonds. The van der Waals surface area contributed by atoms with Crippen LogP contribution in [0.1, 0.15) is 32.1 Å². The van der Waals surface area contributed by atoms with Crippen LogP contribution in [-0.2, 0) is 0 Å². The highest BCUT2D eigenvalue weighted by molar-refractivity contribution is 4.41. The van der Waals surface area contributed by atoms with Gasteiger partial charge in [0.2, 0.25) is 0 Å². The van der Waals surface area contributed by atoms with E-state index in [-0.39, 0.29) is 0 Å². The van der Waals surface area contributed by atoms with Crippen LogP contribution in [0.2, 0.25) is 0 Å². The summed E-state index contributed by atoms with van der Waals surface area (Å²) in [5.41, 5.74) is 0. The van der Waals surface area contributed by atoms with Gasteiger partial charge in [-0.25, -0.2) is 0 Å². The fourth-order valence-electron chi connectivity index (χ4n) is 0.177. The van der Waals surface area contributed by atoms with Gasteiger partial charge in [-0.2, -0.15) is 6.42 Å². The molecule has 0 atom stereocenters. The van der Waals surface area contributed by atoms with Crippen molar-refractivity contribution in [1.29, 1.82) is 0 Å². The molecule has 0 bridgehead atoms. The third-order valence-electron chi connectivity index (χ3n) is 0.750. The Morgan fingerprint density at radius 2 is 1.27 bits per heavy atom. The normalized spacial score (nSPS) is 6.73. The summed E-state index contributed by atoms with van der Waals surface area (Å²) in [6, 6.07) is 0. The molecule has 0 N–H and O–H groups in total. The average Bonchev–Trinajstić information content (AvgIpc) is 2.10. The van der Waals surface area contributed by atoms with Crippen LogP contribution in [0.25, 0.3) is 0 Å². The second-order valence-electron chi connectivity index (χ2n) is 1.77. The van der Waals surface area contributed by atoms with Crippen molar-refractivity contribution < 1.29 is 0 Å². The Morgan fingerprint density at radius 1 is 0.909 bits per heavy atom. The predicted octanol–water partition coefficient (Wildman–Crippen LogP) is 4.06. The molecule has 0 radical (unpaired) electrons. The smallest absolute Gasteiger partial charge is 0.0826 e. The molecule has 0 heteroatoms. The summed E-state index contributed by atoms with van der Waals surface area (Å²) >= 11 is 0. The van der Waals surface area contributed by atoms with Crippen molar-refractivity contribution in [2.24, 2.45) is 0 Å². The minimum atomic E-state index is 0.958. The van der Waals surface area contributed by atoms with Gasteiger partial charge in [-0.3, -0.25) is 0 Å². The summed E-state index contributed by atoms with van der Waals surface area (Å²) in [7, 11) is 0. The lowest BCUT2D eigenvalue weighted by Crippen LogP contribution is -1.60. The lowest BCUT2D eigenvalue weighted by atomic mass is 10.3. The van der Waals surface area contributed by atoms with E-state index in [1.165, 1.54) is 6.42 Å². The Kier molecular flexibility index (Phi) is 52.0. The van der Waals surface area contributed by atoms with Crippen LogP contribution < -0.4 is 0 Å². The molecule has 0 heterocycles. The van der Waals surface area contributed by atoms with Crippen LogP contribution in [0.15, 0.2) is 13.2 Å². The quantitative estimate of drug-likeness (QED) is 0.425. The summed E-state index contributed by atoms with van der Waals surface area (Å²) in [5.74, 6) is 0. The molecule has 0 saturated heterocycles. The Balaban J connectivity index is -0.0000000965. The molecule has 0 nitrogen and oxygen atoms in total. The molecule has 66 valence electrons. The average molecular weight is 154 g/mol. The van der Waals surface area contributed by atoms with E-state index in [0.717, 1.165) is 25.7 Å². The van der Waals surface area contributed by atoms with Crippen molar-refractivity contribution in [2.45, 2.75) is 32.1 Å². The van der Waals surface area contributed by atoms with Crippen molar-refractivity contribution in [2.75, 3.05) is 0 Å². The number of rotatable bonds is 3. The zero-order chi connectivity index (χ0) is 9.54. The Labute approximate surface area is 73.7 Å². The highest BCUT2D eigenvalue weighted by Gasteiger charge is 1.69. The molecule has 11 heavy (non-hydrogen) atoms. The first-order valence-corrected chi connectivity index (χ1v) is 4.00. The van der Waals surface area contributed by atoms with Gasteiger partial charge in [-0.15, -0.1) is 19.6 Å². The van der Waals surface area contributed by atoms with Gasteiger partial charge < -0.3 is 13.8 Å². The van der Waals surface area contributed by atoms with Crippen molar-refractivity contribution >= 4 is 0 Å². The summed E-state index contributed by atoms with van der Waals surface area (Å²) in [6.45, 7) is 20.4. The van der Waals surface area contributed by atoms with Crippen LogP contribution in [0, 0.1) is 27.7 Å². The van der Waals surface area contributed by atoms with Gasteiger partial charge in [0.1, 0.15) is 0 Å². The number of hydrogen-bond acceptors (Lipinski definition) is 0. The standard InChI is InChI=1S/C5H10.C4H8.C2H4/c1-3-5-4-2;1-3-4-2;1-2/h1-5H2;1-4H2;1-2H2. The maximum absolute atomic E-state index is 3.64. The van der Waals surface area contributed by atoms with E-state index in [1.807, 2.05) is 0 Å². The van der Waals surface area contributed by atoms with Gasteiger partial charge in [-0.05, 0) is 6.42 Å². The molecule has 0 aromatic carbocycles.